The van der Waals surface area contributed by atoms with Crippen molar-refractivity contribution < 1.29 is 4.79 Å². The van der Waals surface area contributed by atoms with Crippen LogP contribution in [0.3, 0.4) is 0 Å². The maximum Gasteiger partial charge on any atom is 0.319 e. The lowest BCUT2D eigenvalue weighted by molar-refractivity contribution is 0.248. The number of fused-ring (bicyclic) bond motifs is 1. The van der Waals surface area contributed by atoms with Crippen LogP contribution in [0.2, 0.25) is 5.02 Å². The Labute approximate surface area is 177 Å². The van der Waals surface area contributed by atoms with E-state index in [1.807, 2.05) is 55.5 Å². The zero-order valence-electron chi connectivity index (χ0n) is 16.1. The van der Waals surface area contributed by atoms with Crippen LogP contribution >= 0.6 is 23.4 Å². The number of hydrogen-bond donors (Lipinski definition) is 2. The van der Waals surface area contributed by atoms with Crippen LogP contribution in [0.5, 0.6) is 0 Å². The number of thioether (sulfide) groups is 1. The van der Waals surface area contributed by atoms with Crippen LogP contribution in [-0.2, 0) is 7.05 Å². The molecule has 8 heteroatoms. The first-order valence-electron chi connectivity index (χ1n) is 9.29. The van der Waals surface area contributed by atoms with Crippen molar-refractivity contribution in [3.63, 3.8) is 0 Å². The summed E-state index contributed by atoms with van der Waals surface area (Å²) < 4.78 is 3.27. The second kappa shape index (κ2) is 8.00. The van der Waals surface area contributed by atoms with Gasteiger partial charge >= 0.3 is 6.03 Å². The lowest BCUT2D eigenvalue weighted by atomic mass is 10.0. The summed E-state index contributed by atoms with van der Waals surface area (Å²) in [6, 6.07) is 14.5. The summed E-state index contributed by atoms with van der Waals surface area (Å²) in [4.78, 5) is 26.8. The van der Waals surface area contributed by atoms with Gasteiger partial charge in [-0.1, -0.05) is 29.8 Å². The fraction of sp³-hybridized carbons (Fsp3) is 0.238. The Balaban J connectivity index is 1.58. The number of amides is 2. The monoisotopic (exact) mass is 428 g/mol. The molecule has 2 amide bonds. The minimum Gasteiger partial charge on any atom is -0.331 e. The highest BCUT2D eigenvalue weighted by Gasteiger charge is 2.24. The maximum atomic E-state index is 13.0. The van der Waals surface area contributed by atoms with E-state index in [0.29, 0.717) is 10.7 Å². The van der Waals surface area contributed by atoms with Gasteiger partial charge in [-0.25, -0.2) is 9.48 Å². The normalized spacial score (nSPS) is 15.6. The molecule has 2 aromatic carbocycles. The van der Waals surface area contributed by atoms with Crippen LogP contribution in [0.4, 0.5) is 10.5 Å². The van der Waals surface area contributed by atoms with E-state index in [1.54, 1.807) is 23.5 Å². The minimum absolute atomic E-state index is 0.148. The standard InChI is InChI=1S/C21H21ClN4O2S/c1-13-19(20(27)26(25(13)2)15-6-4-3-5-7-15)24-21(28)23-17-10-11-29-18-9-8-14(22)12-16(17)18/h3-9,12,17H,10-11H2,1-2H3,(H2,23,24,28)/t17-/m1/s1. The van der Waals surface area contributed by atoms with Gasteiger partial charge in [-0.15, -0.1) is 11.8 Å². The van der Waals surface area contributed by atoms with Gasteiger partial charge in [0.05, 0.1) is 17.4 Å². The zero-order chi connectivity index (χ0) is 20.5. The number of carbonyl (C=O) groups is 1. The van der Waals surface area contributed by atoms with Crippen LogP contribution < -0.4 is 16.2 Å². The number of aromatic nitrogens is 2. The lowest BCUT2D eigenvalue weighted by Crippen LogP contribution is -2.35. The number of carbonyl (C=O) groups excluding carboxylic acids is 1. The fourth-order valence-corrected chi connectivity index (χ4v) is 4.82. The summed E-state index contributed by atoms with van der Waals surface area (Å²) in [5.41, 5.74) is 2.43. The average Bonchev–Trinajstić information content (AvgIpc) is 2.92. The summed E-state index contributed by atoms with van der Waals surface area (Å²) in [5, 5.41) is 6.39. The number of halogens is 1. The molecule has 0 spiro atoms. The molecule has 0 unspecified atom stereocenters. The molecule has 1 aliphatic rings. The number of rotatable bonds is 3. The zero-order valence-corrected chi connectivity index (χ0v) is 17.7. The number of anilines is 1. The third kappa shape index (κ3) is 3.80. The lowest BCUT2D eigenvalue weighted by Gasteiger charge is -2.26. The topological polar surface area (TPSA) is 68.1 Å². The van der Waals surface area contributed by atoms with Gasteiger partial charge < -0.3 is 10.6 Å². The van der Waals surface area contributed by atoms with Crippen LogP contribution in [-0.4, -0.2) is 21.1 Å². The van der Waals surface area contributed by atoms with Gasteiger partial charge in [-0.2, -0.15) is 0 Å². The summed E-state index contributed by atoms with van der Waals surface area (Å²) in [5.74, 6) is 0.907. The number of nitrogens with zero attached hydrogens (tertiary/aromatic N) is 2. The van der Waals surface area contributed by atoms with Crippen molar-refractivity contribution in [3.05, 3.63) is 75.2 Å². The second-order valence-corrected chi connectivity index (χ2v) is 8.48. The first kappa shape index (κ1) is 19.7. The SMILES string of the molecule is Cc1c(NC(=O)N[C@@H]2CCSc3ccc(Cl)cc32)c(=O)n(-c2ccccc2)n1C. The highest BCUT2D eigenvalue weighted by molar-refractivity contribution is 7.99. The molecule has 6 nitrogen and oxygen atoms in total. The van der Waals surface area contributed by atoms with E-state index in [4.69, 9.17) is 11.6 Å². The molecule has 2 N–H and O–H groups in total. The Morgan fingerprint density at radius 3 is 2.72 bits per heavy atom. The van der Waals surface area contributed by atoms with Crippen molar-refractivity contribution in [2.24, 2.45) is 7.05 Å². The molecule has 150 valence electrons. The third-order valence-corrected chi connectivity index (χ3v) is 6.47. The van der Waals surface area contributed by atoms with E-state index >= 15 is 0 Å². The molecule has 1 aromatic heterocycles. The number of nitrogens with one attached hydrogen (secondary N) is 2. The average molecular weight is 429 g/mol. The van der Waals surface area contributed by atoms with Crippen LogP contribution in [0.15, 0.2) is 58.2 Å². The molecule has 4 rings (SSSR count). The molecule has 3 aromatic rings. The molecule has 0 radical (unpaired) electrons. The Hall–Kier alpha value is -2.64. The molecule has 0 bridgehead atoms. The smallest absolute Gasteiger partial charge is 0.319 e. The number of urea groups is 1. The first-order chi connectivity index (χ1) is 14.0. The number of para-hydroxylation sites is 1. The van der Waals surface area contributed by atoms with E-state index in [-0.39, 0.29) is 17.3 Å². The Morgan fingerprint density at radius 1 is 1.21 bits per heavy atom. The van der Waals surface area contributed by atoms with E-state index in [1.165, 1.54) is 4.68 Å². The molecule has 0 saturated carbocycles. The van der Waals surface area contributed by atoms with Crippen molar-refractivity contribution in [2.75, 3.05) is 11.1 Å². The number of hydrogen-bond acceptors (Lipinski definition) is 3. The Morgan fingerprint density at radius 2 is 1.97 bits per heavy atom. The van der Waals surface area contributed by atoms with Crippen molar-refractivity contribution in [3.8, 4) is 5.69 Å². The van der Waals surface area contributed by atoms with Gasteiger partial charge in [-0.05, 0) is 49.2 Å². The van der Waals surface area contributed by atoms with Gasteiger partial charge in [-0.3, -0.25) is 9.48 Å². The van der Waals surface area contributed by atoms with Crippen molar-refractivity contribution in [2.45, 2.75) is 24.3 Å². The molecular weight excluding hydrogens is 408 g/mol. The predicted octanol–water partition coefficient (Wildman–Crippen LogP) is 4.50. The predicted molar refractivity (Wildman–Crippen MR) is 117 cm³/mol. The van der Waals surface area contributed by atoms with E-state index in [2.05, 4.69) is 10.6 Å². The van der Waals surface area contributed by atoms with Gasteiger partial charge in [0.1, 0.15) is 5.69 Å². The fourth-order valence-electron chi connectivity index (χ4n) is 3.54. The number of benzene rings is 2. The first-order valence-corrected chi connectivity index (χ1v) is 10.7. The summed E-state index contributed by atoms with van der Waals surface area (Å²) in [6.45, 7) is 1.81. The van der Waals surface area contributed by atoms with Gasteiger partial charge in [0.25, 0.3) is 5.56 Å². The molecule has 1 atom stereocenters. The molecule has 29 heavy (non-hydrogen) atoms. The molecule has 0 fully saturated rings. The highest BCUT2D eigenvalue weighted by atomic mass is 35.5. The van der Waals surface area contributed by atoms with Crippen LogP contribution in [0.25, 0.3) is 5.69 Å². The van der Waals surface area contributed by atoms with Crippen molar-refractivity contribution >= 4 is 35.1 Å². The van der Waals surface area contributed by atoms with Crippen molar-refractivity contribution in [1.82, 2.24) is 14.7 Å². The quantitative estimate of drug-likeness (QED) is 0.645. The summed E-state index contributed by atoms with van der Waals surface area (Å²) in [7, 11) is 1.80. The van der Waals surface area contributed by atoms with Crippen LogP contribution in [0.1, 0.15) is 23.7 Å². The molecule has 1 aliphatic heterocycles. The van der Waals surface area contributed by atoms with Gasteiger partial charge in [0, 0.05) is 22.7 Å². The highest BCUT2D eigenvalue weighted by Crippen LogP contribution is 2.37. The Kier molecular flexibility index (Phi) is 5.43. The second-order valence-electron chi connectivity index (χ2n) is 6.91. The molecular formula is C21H21ClN4O2S. The van der Waals surface area contributed by atoms with Gasteiger partial charge in [0.15, 0.2) is 0 Å². The molecule has 0 aliphatic carbocycles. The Bertz CT molecular complexity index is 1120. The summed E-state index contributed by atoms with van der Waals surface area (Å²) >= 11 is 7.90. The van der Waals surface area contributed by atoms with Gasteiger partial charge in [0.2, 0.25) is 0 Å². The summed E-state index contributed by atoms with van der Waals surface area (Å²) in [6.07, 6.45) is 0.799. The maximum absolute atomic E-state index is 13.0. The molecule has 2 heterocycles. The van der Waals surface area contributed by atoms with Crippen molar-refractivity contribution in [1.29, 1.82) is 0 Å². The minimum atomic E-state index is -0.404. The largest absolute Gasteiger partial charge is 0.331 e. The van der Waals surface area contributed by atoms with E-state index < -0.39 is 6.03 Å². The molecule has 0 saturated heterocycles. The van der Waals surface area contributed by atoms with E-state index in [9.17, 15) is 9.59 Å². The van der Waals surface area contributed by atoms with Crippen LogP contribution in [0, 0.1) is 6.92 Å². The third-order valence-electron chi connectivity index (χ3n) is 5.11. The van der Waals surface area contributed by atoms with E-state index in [0.717, 1.165) is 28.3 Å².